The average molecular weight is 378 g/mol. The van der Waals surface area contributed by atoms with E-state index in [-0.39, 0.29) is 11.4 Å². The molecule has 1 aromatic carbocycles. The van der Waals surface area contributed by atoms with Crippen molar-refractivity contribution in [2.75, 3.05) is 0 Å². The van der Waals surface area contributed by atoms with E-state index in [1.807, 2.05) is 11.4 Å². The molecule has 104 valence electrons. The molecule has 2 heterocycles. The van der Waals surface area contributed by atoms with Crippen molar-refractivity contribution in [2.45, 2.75) is 12.4 Å². The Bertz CT molecular complexity index is 784. The third-order valence-electron chi connectivity index (χ3n) is 2.99. The van der Waals surface area contributed by atoms with Crippen molar-refractivity contribution >= 4 is 49.9 Å². The fourth-order valence-corrected chi connectivity index (χ4v) is 3.73. The number of aromatic nitrogens is 2. The van der Waals surface area contributed by atoms with Crippen LogP contribution in [-0.2, 0) is 12.4 Å². The van der Waals surface area contributed by atoms with Gasteiger partial charge in [0.1, 0.15) is 11.3 Å². The number of imidazole rings is 1. The minimum Gasteiger partial charge on any atom is -0.319 e. The molecule has 0 saturated carbocycles. The minimum atomic E-state index is -0.890. The second-order valence-electron chi connectivity index (χ2n) is 4.17. The number of alkyl halides is 1. The number of fused-ring (bicyclic) bond motifs is 1. The van der Waals surface area contributed by atoms with Crippen LogP contribution in [0.15, 0.2) is 28.1 Å². The van der Waals surface area contributed by atoms with Crippen LogP contribution in [0.4, 0.5) is 8.78 Å². The zero-order chi connectivity index (χ0) is 14.3. The van der Waals surface area contributed by atoms with Crippen molar-refractivity contribution in [1.29, 1.82) is 0 Å². The Morgan fingerprint density at radius 2 is 2.10 bits per heavy atom. The third kappa shape index (κ3) is 2.25. The van der Waals surface area contributed by atoms with Crippen molar-refractivity contribution in [1.82, 2.24) is 9.55 Å². The fourth-order valence-electron chi connectivity index (χ4n) is 2.06. The zero-order valence-electron chi connectivity index (χ0n) is 10.0. The van der Waals surface area contributed by atoms with E-state index in [4.69, 9.17) is 11.6 Å². The van der Waals surface area contributed by atoms with Crippen LogP contribution in [0.5, 0.6) is 0 Å². The van der Waals surface area contributed by atoms with Gasteiger partial charge in [0.25, 0.3) is 0 Å². The molecule has 0 amide bonds. The number of hydrogen-bond donors (Lipinski definition) is 0. The molecule has 3 rings (SSSR count). The Labute approximate surface area is 131 Å². The Hall–Kier alpha value is -0.980. The largest absolute Gasteiger partial charge is 0.319 e. The lowest BCUT2D eigenvalue weighted by Crippen LogP contribution is -2.04. The lowest BCUT2D eigenvalue weighted by atomic mass is 10.3. The average Bonchev–Trinajstić information content (AvgIpc) is 2.99. The number of halogens is 4. The first-order valence-electron chi connectivity index (χ1n) is 5.72. The summed E-state index contributed by atoms with van der Waals surface area (Å²) < 4.78 is 30.0. The van der Waals surface area contributed by atoms with Gasteiger partial charge in [0, 0.05) is 9.35 Å². The van der Waals surface area contributed by atoms with Gasteiger partial charge >= 0.3 is 0 Å². The molecule has 0 aliphatic heterocycles. The van der Waals surface area contributed by atoms with Gasteiger partial charge in [0.15, 0.2) is 11.6 Å². The first-order chi connectivity index (χ1) is 9.61. The summed E-state index contributed by atoms with van der Waals surface area (Å²) in [5, 5.41) is 1.93. The third-order valence-corrected chi connectivity index (χ3v) is 5.14. The van der Waals surface area contributed by atoms with Gasteiger partial charge in [-0.2, -0.15) is 0 Å². The maximum absolute atomic E-state index is 14.1. The second kappa shape index (κ2) is 5.42. The summed E-state index contributed by atoms with van der Waals surface area (Å²) in [6.45, 7) is 0.400. The predicted octanol–water partition coefficient (Wildman–Crippen LogP) is 4.93. The SMILES string of the molecule is Fc1ccc2nc(CCl)n(Cc3sccc3Br)c2c1F. The molecular formula is C13H8BrClF2N2S. The number of thiophene rings is 1. The molecule has 0 radical (unpaired) electrons. The van der Waals surface area contributed by atoms with Gasteiger partial charge in [-0.1, -0.05) is 0 Å². The highest BCUT2D eigenvalue weighted by Gasteiger charge is 2.18. The standard InChI is InChI=1S/C13H8BrClF2N2S/c14-7-3-4-20-10(7)6-19-11(5-15)18-9-2-1-8(16)12(17)13(9)19/h1-4H,5-6H2. The van der Waals surface area contributed by atoms with E-state index in [0.717, 1.165) is 15.4 Å². The van der Waals surface area contributed by atoms with Crippen molar-refractivity contribution in [3.63, 3.8) is 0 Å². The normalized spacial score (nSPS) is 11.4. The van der Waals surface area contributed by atoms with Crippen molar-refractivity contribution in [2.24, 2.45) is 0 Å². The molecule has 0 unspecified atom stereocenters. The number of rotatable bonds is 3. The van der Waals surface area contributed by atoms with Gasteiger partial charge in [-0.15, -0.1) is 22.9 Å². The molecule has 3 aromatic rings. The monoisotopic (exact) mass is 376 g/mol. The highest BCUT2D eigenvalue weighted by atomic mass is 79.9. The highest BCUT2D eigenvalue weighted by molar-refractivity contribution is 9.10. The smallest absolute Gasteiger partial charge is 0.184 e. The van der Waals surface area contributed by atoms with Crippen LogP contribution in [0.1, 0.15) is 10.7 Å². The molecule has 7 heteroatoms. The summed E-state index contributed by atoms with van der Waals surface area (Å²) in [5.74, 6) is -1.12. The Kier molecular flexibility index (Phi) is 3.79. The lowest BCUT2D eigenvalue weighted by Gasteiger charge is -2.07. The summed E-state index contributed by atoms with van der Waals surface area (Å²) in [7, 11) is 0. The Morgan fingerprint density at radius 1 is 1.30 bits per heavy atom. The molecule has 2 nitrogen and oxygen atoms in total. The van der Waals surface area contributed by atoms with E-state index in [1.165, 1.54) is 17.4 Å². The first kappa shape index (κ1) is 14.0. The van der Waals surface area contributed by atoms with E-state index in [9.17, 15) is 8.78 Å². The minimum absolute atomic E-state index is 0.138. The van der Waals surface area contributed by atoms with Gasteiger partial charge in [-0.05, 0) is 39.5 Å². The van der Waals surface area contributed by atoms with Gasteiger partial charge < -0.3 is 4.57 Å². The molecule has 0 bridgehead atoms. The second-order valence-corrected chi connectivity index (χ2v) is 6.29. The molecule has 0 aliphatic rings. The molecule has 0 fully saturated rings. The molecule has 0 saturated heterocycles. The predicted molar refractivity (Wildman–Crippen MR) is 80.3 cm³/mol. The highest BCUT2D eigenvalue weighted by Crippen LogP contribution is 2.28. The van der Waals surface area contributed by atoms with Crippen LogP contribution in [-0.4, -0.2) is 9.55 Å². The van der Waals surface area contributed by atoms with Crippen molar-refractivity contribution in [3.05, 3.63) is 50.4 Å². The first-order valence-corrected chi connectivity index (χ1v) is 7.93. The van der Waals surface area contributed by atoms with Crippen LogP contribution >= 0.6 is 38.9 Å². The summed E-state index contributed by atoms with van der Waals surface area (Å²) in [6, 6.07) is 4.45. The van der Waals surface area contributed by atoms with Crippen molar-refractivity contribution in [3.8, 4) is 0 Å². The Morgan fingerprint density at radius 3 is 2.75 bits per heavy atom. The number of hydrogen-bond acceptors (Lipinski definition) is 2. The van der Waals surface area contributed by atoms with Gasteiger partial charge in [0.05, 0.1) is 17.9 Å². The fraction of sp³-hybridized carbons (Fsp3) is 0.154. The van der Waals surface area contributed by atoms with Crippen LogP contribution < -0.4 is 0 Å². The van der Waals surface area contributed by atoms with Crippen LogP contribution in [0.2, 0.25) is 0 Å². The molecule has 0 aliphatic carbocycles. The molecule has 2 aromatic heterocycles. The van der Waals surface area contributed by atoms with Crippen molar-refractivity contribution < 1.29 is 8.78 Å². The lowest BCUT2D eigenvalue weighted by molar-refractivity contribution is 0.512. The van der Waals surface area contributed by atoms with Gasteiger partial charge in [-0.3, -0.25) is 0 Å². The zero-order valence-corrected chi connectivity index (χ0v) is 13.2. The summed E-state index contributed by atoms with van der Waals surface area (Å²) in [6.07, 6.45) is 0. The maximum atomic E-state index is 14.1. The molecule has 0 N–H and O–H groups in total. The van der Waals surface area contributed by atoms with E-state index in [2.05, 4.69) is 20.9 Å². The van der Waals surface area contributed by atoms with Crippen LogP contribution in [0, 0.1) is 11.6 Å². The summed E-state index contributed by atoms with van der Waals surface area (Å²) >= 11 is 10.8. The quantitative estimate of drug-likeness (QED) is 0.592. The number of benzene rings is 1. The van der Waals surface area contributed by atoms with Crippen LogP contribution in [0.25, 0.3) is 11.0 Å². The Balaban J connectivity index is 2.22. The maximum Gasteiger partial charge on any atom is 0.184 e. The summed E-state index contributed by atoms with van der Waals surface area (Å²) in [4.78, 5) is 5.26. The van der Waals surface area contributed by atoms with E-state index < -0.39 is 11.6 Å². The molecule has 0 spiro atoms. The van der Waals surface area contributed by atoms with E-state index in [1.54, 1.807) is 4.57 Å². The van der Waals surface area contributed by atoms with E-state index in [0.29, 0.717) is 17.9 Å². The van der Waals surface area contributed by atoms with E-state index >= 15 is 0 Å². The summed E-state index contributed by atoms with van der Waals surface area (Å²) in [5.41, 5.74) is 0.563. The molecule has 0 atom stereocenters. The number of nitrogens with zero attached hydrogens (tertiary/aromatic N) is 2. The topological polar surface area (TPSA) is 17.8 Å². The van der Waals surface area contributed by atoms with Gasteiger partial charge in [0.2, 0.25) is 0 Å². The molecule has 20 heavy (non-hydrogen) atoms. The van der Waals surface area contributed by atoms with Gasteiger partial charge in [-0.25, -0.2) is 13.8 Å². The van der Waals surface area contributed by atoms with Crippen LogP contribution in [0.3, 0.4) is 0 Å². The molecular weight excluding hydrogens is 370 g/mol.